The molecule has 3 atom stereocenters. The number of nitrogens with one attached hydrogen (secondary N) is 1. The summed E-state index contributed by atoms with van der Waals surface area (Å²) < 4.78 is 16.3. The van der Waals surface area contributed by atoms with E-state index in [9.17, 15) is 19.8 Å². The van der Waals surface area contributed by atoms with E-state index in [0.29, 0.717) is 34.0 Å². The molecule has 202 valence electrons. The third-order valence-corrected chi connectivity index (χ3v) is 6.78. The number of anilines is 2. The summed E-state index contributed by atoms with van der Waals surface area (Å²) in [4.78, 5) is 30.8. The van der Waals surface area contributed by atoms with Crippen LogP contribution in [0.15, 0.2) is 71.1 Å². The zero-order chi connectivity index (χ0) is 27.5. The van der Waals surface area contributed by atoms with Gasteiger partial charge < -0.3 is 34.3 Å². The number of aliphatic hydroxyl groups is 2. The van der Waals surface area contributed by atoms with E-state index in [1.165, 1.54) is 12.0 Å². The van der Waals surface area contributed by atoms with Crippen LogP contribution < -0.4 is 10.1 Å². The van der Waals surface area contributed by atoms with Gasteiger partial charge in [-0.05, 0) is 60.5 Å². The molecule has 0 bridgehead atoms. The number of esters is 1. The van der Waals surface area contributed by atoms with Crippen molar-refractivity contribution in [2.45, 2.75) is 31.6 Å². The summed E-state index contributed by atoms with van der Waals surface area (Å²) in [5.74, 6) is -0.276. The third-order valence-electron chi connectivity index (χ3n) is 6.78. The second-order valence-electron chi connectivity index (χ2n) is 9.44. The Morgan fingerprint density at radius 1 is 1.10 bits per heavy atom. The highest BCUT2D eigenvalue weighted by Crippen LogP contribution is 2.26. The highest BCUT2D eigenvalue weighted by Gasteiger charge is 2.42. The summed E-state index contributed by atoms with van der Waals surface area (Å²) in [6.07, 6.45) is -2.20. The summed E-state index contributed by atoms with van der Waals surface area (Å²) >= 11 is 0. The Balaban J connectivity index is 1.25. The van der Waals surface area contributed by atoms with E-state index in [2.05, 4.69) is 15.0 Å². The molecular formula is C29H29N3O7. The quantitative estimate of drug-likeness (QED) is 0.293. The lowest BCUT2D eigenvalue weighted by Crippen LogP contribution is -2.44. The number of benzene rings is 3. The first-order valence-corrected chi connectivity index (χ1v) is 12.5. The first kappa shape index (κ1) is 26.2. The van der Waals surface area contributed by atoms with Crippen molar-refractivity contribution in [1.82, 2.24) is 9.88 Å². The van der Waals surface area contributed by atoms with Crippen molar-refractivity contribution in [1.29, 1.82) is 0 Å². The molecule has 0 saturated carbocycles. The van der Waals surface area contributed by atoms with Crippen molar-refractivity contribution in [3.8, 4) is 5.75 Å². The molecule has 1 saturated heterocycles. The van der Waals surface area contributed by atoms with Crippen molar-refractivity contribution < 1.29 is 33.7 Å². The molecule has 3 N–H and O–H groups in total. The Bertz CT molecular complexity index is 1480. The van der Waals surface area contributed by atoms with Gasteiger partial charge in [-0.15, -0.1) is 0 Å². The first-order valence-electron chi connectivity index (χ1n) is 12.5. The Morgan fingerprint density at radius 3 is 2.62 bits per heavy atom. The van der Waals surface area contributed by atoms with Gasteiger partial charge in [-0.3, -0.25) is 4.79 Å². The summed E-state index contributed by atoms with van der Waals surface area (Å²) in [5.41, 5.74) is 4.21. The van der Waals surface area contributed by atoms with E-state index in [4.69, 9.17) is 9.15 Å². The Labute approximate surface area is 224 Å². The Hall–Kier alpha value is -4.41. The first-order chi connectivity index (χ1) is 18.8. The minimum absolute atomic E-state index is 0.00957. The monoisotopic (exact) mass is 531 g/mol. The second-order valence-corrected chi connectivity index (χ2v) is 9.44. The maximum absolute atomic E-state index is 13.2. The molecule has 3 aromatic carbocycles. The standard InChI is InChI=1S/C29H29N3O7/c1-17-5-3-4-6-21(17)30-29-31-22-12-7-18(13-25(22)39-29)14-26(34)32-15-24(33)27(35)23(32)16-38-20-10-8-19(9-11-20)28(36)37-2/h3-13,23-24,27,33,35H,14-16H2,1-2H3,(H,30,31)/t23-,24+,27-/m1/s1. The fraction of sp³-hybridized carbons (Fsp3) is 0.276. The average Bonchev–Trinajstić information content (AvgIpc) is 3.47. The minimum Gasteiger partial charge on any atom is -0.491 e. The van der Waals surface area contributed by atoms with Gasteiger partial charge in [0, 0.05) is 12.2 Å². The van der Waals surface area contributed by atoms with Crippen molar-refractivity contribution >= 4 is 34.7 Å². The van der Waals surface area contributed by atoms with Gasteiger partial charge in [0.1, 0.15) is 24.0 Å². The van der Waals surface area contributed by atoms with Gasteiger partial charge >= 0.3 is 5.97 Å². The van der Waals surface area contributed by atoms with Crippen molar-refractivity contribution in [2.75, 3.05) is 25.6 Å². The lowest BCUT2D eigenvalue weighted by atomic mass is 10.1. The number of hydrogen-bond acceptors (Lipinski definition) is 9. The number of para-hydroxylation sites is 1. The molecule has 0 unspecified atom stereocenters. The fourth-order valence-electron chi connectivity index (χ4n) is 4.58. The smallest absolute Gasteiger partial charge is 0.337 e. The zero-order valence-electron chi connectivity index (χ0n) is 21.5. The molecule has 4 aromatic rings. The van der Waals surface area contributed by atoms with Crippen LogP contribution in [-0.4, -0.2) is 70.5 Å². The van der Waals surface area contributed by atoms with Gasteiger partial charge in [-0.2, -0.15) is 4.98 Å². The predicted molar refractivity (Wildman–Crippen MR) is 143 cm³/mol. The van der Waals surface area contributed by atoms with E-state index in [0.717, 1.165) is 11.3 Å². The SMILES string of the molecule is COC(=O)c1ccc(OC[C@@H]2[C@@H](O)[C@@H](O)CN2C(=O)Cc2ccc3nc(Nc4ccccc4C)oc3c2)cc1. The van der Waals surface area contributed by atoms with Crippen LogP contribution in [0.1, 0.15) is 21.5 Å². The van der Waals surface area contributed by atoms with Crippen LogP contribution >= 0.6 is 0 Å². The lowest BCUT2D eigenvalue weighted by molar-refractivity contribution is -0.132. The number of likely N-dealkylation sites (tertiary alicyclic amines) is 1. The lowest BCUT2D eigenvalue weighted by Gasteiger charge is -2.26. The largest absolute Gasteiger partial charge is 0.491 e. The van der Waals surface area contributed by atoms with Gasteiger partial charge in [0.05, 0.1) is 31.2 Å². The van der Waals surface area contributed by atoms with Crippen molar-refractivity contribution in [3.63, 3.8) is 0 Å². The van der Waals surface area contributed by atoms with Crippen LogP contribution in [-0.2, 0) is 16.0 Å². The molecule has 39 heavy (non-hydrogen) atoms. The number of oxazole rings is 1. The summed E-state index contributed by atoms with van der Waals surface area (Å²) in [6, 6.07) is 19.1. The van der Waals surface area contributed by atoms with E-state index >= 15 is 0 Å². The van der Waals surface area contributed by atoms with Crippen LogP contribution in [0.25, 0.3) is 11.1 Å². The van der Waals surface area contributed by atoms with Gasteiger partial charge in [0.15, 0.2) is 5.58 Å². The van der Waals surface area contributed by atoms with Gasteiger partial charge in [0.2, 0.25) is 5.91 Å². The number of carbonyl (C=O) groups excluding carboxylic acids is 2. The molecule has 1 amide bonds. The van der Waals surface area contributed by atoms with Crippen LogP contribution in [0.4, 0.5) is 11.7 Å². The molecular weight excluding hydrogens is 502 g/mol. The number of methoxy groups -OCH3 is 1. The number of β-amino-alcohol motifs (C(OH)–C–C–N with tert-alkyl or cyclic N) is 1. The van der Waals surface area contributed by atoms with E-state index in [1.807, 2.05) is 31.2 Å². The number of aryl methyl sites for hydroxylation is 1. The topological polar surface area (TPSA) is 134 Å². The fourth-order valence-corrected chi connectivity index (χ4v) is 4.58. The van der Waals surface area contributed by atoms with Crippen LogP contribution in [0.3, 0.4) is 0 Å². The maximum Gasteiger partial charge on any atom is 0.337 e. The number of amides is 1. The highest BCUT2D eigenvalue weighted by molar-refractivity contribution is 5.89. The highest BCUT2D eigenvalue weighted by atomic mass is 16.5. The number of aliphatic hydroxyl groups excluding tert-OH is 2. The average molecular weight is 532 g/mol. The summed E-state index contributed by atoms with van der Waals surface area (Å²) in [6.45, 7) is 1.95. The molecule has 10 heteroatoms. The number of fused-ring (bicyclic) bond motifs is 1. The van der Waals surface area contributed by atoms with E-state index in [-0.39, 0.29) is 25.5 Å². The van der Waals surface area contributed by atoms with Crippen LogP contribution in [0, 0.1) is 6.92 Å². The number of hydrogen-bond donors (Lipinski definition) is 3. The molecule has 0 spiro atoms. The van der Waals surface area contributed by atoms with E-state index in [1.54, 1.807) is 42.5 Å². The molecule has 0 radical (unpaired) electrons. The third kappa shape index (κ3) is 5.71. The zero-order valence-corrected chi connectivity index (χ0v) is 21.5. The van der Waals surface area contributed by atoms with Crippen LogP contribution in [0.2, 0.25) is 0 Å². The molecule has 1 aliphatic heterocycles. The van der Waals surface area contributed by atoms with Gasteiger partial charge in [-0.1, -0.05) is 24.3 Å². The maximum atomic E-state index is 13.2. The normalized spacial score (nSPS) is 18.8. The number of ether oxygens (including phenoxy) is 2. The van der Waals surface area contributed by atoms with Gasteiger partial charge in [0.25, 0.3) is 6.01 Å². The summed E-state index contributed by atoms with van der Waals surface area (Å²) in [5, 5.41) is 24.0. The molecule has 2 heterocycles. The Kier molecular flexibility index (Phi) is 7.49. The molecule has 1 aliphatic rings. The predicted octanol–water partition coefficient (Wildman–Crippen LogP) is 3.22. The summed E-state index contributed by atoms with van der Waals surface area (Å²) in [7, 11) is 1.30. The van der Waals surface area contributed by atoms with E-state index < -0.39 is 24.2 Å². The molecule has 5 rings (SSSR count). The minimum atomic E-state index is -1.16. The molecule has 10 nitrogen and oxygen atoms in total. The van der Waals surface area contributed by atoms with Crippen molar-refractivity contribution in [3.05, 3.63) is 83.4 Å². The number of carbonyl (C=O) groups is 2. The number of aromatic nitrogens is 1. The molecule has 1 aromatic heterocycles. The number of rotatable bonds is 8. The molecule has 0 aliphatic carbocycles. The van der Waals surface area contributed by atoms with Gasteiger partial charge in [-0.25, -0.2) is 4.79 Å². The van der Waals surface area contributed by atoms with Crippen molar-refractivity contribution in [2.24, 2.45) is 0 Å². The Morgan fingerprint density at radius 2 is 1.87 bits per heavy atom. The second kappa shape index (κ2) is 11.1. The molecule has 1 fully saturated rings. The number of nitrogens with zero attached hydrogens (tertiary/aromatic N) is 2. The van der Waals surface area contributed by atoms with Crippen LogP contribution in [0.5, 0.6) is 5.75 Å².